The van der Waals surface area contributed by atoms with Crippen molar-refractivity contribution in [3.63, 3.8) is 0 Å². The van der Waals surface area contributed by atoms with Gasteiger partial charge in [0, 0.05) is 21.4 Å². The molecule has 0 radical (unpaired) electrons. The molecule has 0 fully saturated rings. The number of nitrogens with one attached hydrogen (secondary N) is 1. The number of anilines is 1. The van der Waals surface area contributed by atoms with E-state index in [9.17, 15) is 18.0 Å². The monoisotopic (exact) mass is 684 g/mol. The minimum Gasteiger partial charge on any atom is -0.486 e. The maximum absolute atomic E-state index is 13.4. The van der Waals surface area contributed by atoms with Crippen LogP contribution >= 0.6 is 22.9 Å². The number of hydrogen-bond donors (Lipinski definition) is 1. The van der Waals surface area contributed by atoms with Gasteiger partial charge in [-0.15, -0.1) is 11.3 Å². The van der Waals surface area contributed by atoms with Gasteiger partial charge in [0.25, 0.3) is 5.91 Å². The second kappa shape index (κ2) is 15.6. The maximum atomic E-state index is 13.4. The van der Waals surface area contributed by atoms with Gasteiger partial charge in [-0.25, -0.2) is 18.2 Å². The van der Waals surface area contributed by atoms with Crippen molar-refractivity contribution in [1.29, 1.82) is 0 Å². The molecule has 0 spiro atoms. The van der Waals surface area contributed by atoms with E-state index >= 15 is 0 Å². The summed E-state index contributed by atoms with van der Waals surface area (Å²) < 4.78 is 42.1. The number of halogens is 1. The molecule has 0 aliphatic carbocycles. The Kier molecular flexibility index (Phi) is 11.8. The largest absolute Gasteiger partial charge is 0.486 e. The van der Waals surface area contributed by atoms with Crippen molar-refractivity contribution in [3.05, 3.63) is 99.0 Å². The number of carbonyl (C=O) groups is 2. The Morgan fingerprint density at radius 2 is 1.76 bits per heavy atom. The first kappa shape index (κ1) is 34.9. The number of carbonyl (C=O) groups excluding carboxylic acids is 2. The topological polar surface area (TPSA) is 121 Å². The van der Waals surface area contributed by atoms with Crippen LogP contribution < -0.4 is 14.8 Å². The standard InChI is InChI=1S/C34H37ClN2O7S2/c1-5-42-32(38)21-44-29-16-11-23(8-7-17-46(40,41)27-14-12-25(35)13-15-27)18-28(29)36-33(39)24-9-6-10-26(19-24)43-20-31-37-30(22-45-31)34(2,3)4/h6,9-16,18-19,22H,5,7-8,17,20-21H2,1-4H3,(H,36,39). The summed E-state index contributed by atoms with van der Waals surface area (Å²) in [7, 11) is -3.50. The lowest BCUT2D eigenvalue weighted by Crippen LogP contribution is -2.17. The number of thiazole rings is 1. The Morgan fingerprint density at radius 3 is 2.46 bits per heavy atom. The highest BCUT2D eigenvalue weighted by Gasteiger charge is 2.19. The van der Waals surface area contributed by atoms with Crippen molar-refractivity contribution in [2.24, 2.45) is 0 Å². The molecule has 1 aromatic heterocycles. The summed E-state index contributed by atoms with van der Waals surface area (Å²) in [5.74, 6) is -0.253. The third-order valence-corrected chi connectivity index (χ3v) is 9.66. The summed E-state index contributed by atoms with van der Waals surface area (Å²) in [5.41, 5.74) is 2.40. The molecule has 1 heterocycles. The fraction of sp³-hybridized carbons (Fsp3) is 0.324. The van der Waals surface area contributed by atoms with Gasteiger partial charge in [0.15, 0.2) is 16.4 Å². The number of amides is 1. The number of nitrogens with zero attached hydrogens (tertiary/aromatic N) is 1. The molecule has 0 bridgehead atoms. The van der Waals surface area contributed by atoms with Crippen LogP contribution in [0.5, 0.6) is 11.5 Å². The van der Waals surface area contributed by atoms with E-state index in [1.807, 2.05) is 5.38 Å². The Hall–Kier alpha value is -3.93. The minimum atomic E-state index is -3.50. The number of aryl methyl sites for hydroxylation is 1. The number of esters is 1. The Bertz CT molecular complexity index is 1760. The van der Waals surface area contributed by atoms with Gasteiger partial charge in [0.1, 0.15) is 23.1 Å². The number of rotatable bonds is 14. The van der Waals surface area contributed by atoms with E-state index in [-0.39, 0.29) is 41.6 Å². The first-order valence-corrected chi connectivity index (χ1v) is 17.6. The molecule has 1 amide bonds. The normalized spacial score (nSPS) is 11.6. The molecule has 3 aromatic carbocycles. The molecule has 0 atom stereocenters. The minimum absolute atomic E-state index is 0.0575. The smallest absolute Gasteiger partial charge is 0.344 e. The molecule has 0 aliphatic heterocycles. The van der Waals surface area contributed by atoms with E-state index in [2.05, 4.69) is 31.1 Å². The first-order valence-electron chi connectivity index (χ1n) is 14.7. The predicted octanol–water partition coefficient (Wildman–Crippen LogP) is 7.27. The summed E-state index contributed by atoms with van der Waals surface area (Å²) in [5, 5.41) is 6.19. The first-order chi connectivity index (χ1) is 21.8. The third kappa shape index (κ3) is 10.0. The SMILES string of the molecule is CCOC(=O)COc1ccc(CCCS(=O)(=O)c2ccc(Cl)cc2)cc1NC(=O)c1cccc(OCc2nc(C(C)(C)C)cs2)c1. The van der Waals surface area contributed by atoms with Crippen LogP contribution in [0.3, 0.4) is 0 Å². The molecule has 12 heteroatoms. The summed E-state index contributed by atoms with van der Waals surface area (Å²) in [6, 6.07) is 18.0. The molecule has 4 aromatic rings. The van der Waals surface area contributed by atoms with Crippen molar-refractivity contribution >= 4 is 50.3 Å². The molecule has 244 valence electrons. The van der Waals surface area contributed by atoms with Gasteiger partial charge in [-0.2, -0.15) is 0 Å². The quantitative estimate of drug-likeness (QED) is 0.138. The van der Waals surface area contributed by atoms with Gasteiger partial charge in [-0.3, -0.25) is 4.79 Å². The van der Waals surface area contributed by atoms with Gasteiger partial charge in [-0.1, -0.05) is 44.5 Å². The number of benzene rings is 3. The number of ether oxygens (including phenoxy) is 3. The fourth-order valence-electron chi connectivity index (χ4n) is 4.31. The number of sulfone groups is 1. The summed E-state index contributed by atoms with van der Waals surface area (Å²) in [6.07, 6.45) is 0.766. The molecule has 46 heavy (non-hydrogen) atoms. The van der Waals surface area contributed by atoms with Crippen LogP contribution in [0.15, 0.2) is 77.0 Å². The molecule has 9 nitrogen and oxygen atoms in total. The summed E-state index contributed by atoms with van der Waals surface area (Å²) in [4.78, 5) is 30.2. The summed E-state index contributed by atoms with van der Waals surface area (Å²) >= 11 is 7.42. The van der Waals surface area contributed by atoms with E-state index in [1.54, 1.807) is 61.5 Å². The molecule has 0 unspecified atom stereocenters. The zero-order valence-corrected chi connectivity index (χ0v) is 28.6. The van der Waals surface area contributed by atoms with Crippen molar-refractivity contribution < 1.29 is 32.2 Å². The molecular formula is C34H37ClN2O7S2. The van der Waals surface area contributed by atoms with Gasteiger partial charge in [0.2, 0.25) is 0 Å². The zero-order chi connectivity index (χ0) is 33.3. The van der Waals surface area contributed by atoms with E-state index in [1.165, 1.54) is 23.5 Å². The van der Waals surface area contributed by atoms with Crippen LogP contribution in [0.1, 0.15) is 60.7 Å². The van der Waals surface area contributed by atoms with E-state index < -0.39 is 21.7 Å². The van der Waals surface area contributed by atoms with Gasteiger partial charge in [0.05, 0.1) is 28.6 Å². The second-order valence-electron chi connectivity index (χ2n) is 11.4. The van der Waals surface area contributed by atoms with Crippen molar-refractivity contribution in [2.75, 3.05) is 24.3 Å². The average molecular weight is 685 g/mol. The second-order valence-corrected chi connectivity index (χ2v) is 14.9. The molecule has 0 aliphatic rings. The molecule has 4 rings (SSSR count). The van der Waals surface area contributed by atoms with Gasteiger partial charge >= 0.3 is 5.97 Å². The maximum Gasteiger partial charge on any atom is 0.344 e. The molecule has 0 saturated heterocycles. The molecular weight excluding hydrogens is 648 g/mol. The van der Waals surface area contributed by atoms with E-state index in [0.29, 0.717) is 34.9 Å². The molecule has 1 N–H and O–H groups in total. The highest BCUT2D eigenvalue weighted by molar-refractivity contribution is 7.91. The van der Waals surface area contributed by atoms with Gasteiger partial charge < -0.3 is 19.5 Å². The fourth-order valence-corrected chi connectivity index (χ4v) is 6.68. The highest BCUT2D eigenvalue weighted by atomic mass is 35.5. The van der Waals surface area contributed by atoms with Gasteiger partial charge in [-0.05, 0) is 79.9 Å². The highest BCUT2D eigenvalue weighted by Crippen LogP contribution is 2.29. The Morgan fingerprint density at radius 1 is 1.00 bits per heavy atom. The van der Waals surface area contributed by atoms with Crippen LogP contribution in [0.2, 0.25) is 5.02 Å². The summed E-state index contributed by atoms with van der Waals surface area (Å²) in [6.45, 7) is 8.15. The molecule has 0 saturated carbocycles. The lowest BCUT2D eigenvalue weighted by Gasteiger charge is -2.15. The lowest BCUT2D eigenvalue weighted by atomic mass is 9.93. The average Bonchev–Trinajstić information content (AvgIpc) is 3.50. The number of aromatic nitrogens is 1. The van der Waals surface area contributed by atoms with Crippen molar-refractivity contribution in [1.82, 2.24) is 4.98 Å². The zero-order valence-electron chi connectivity index (χ0n) is 26.2. The van der Waals surface area contributed by atoms with Crippen LogP contribution in [-0.2, 0) is 37.8 Å². The van der Waals surface area contributed by atoms with E-state index in [0.717, 1.165) is 16.3 Å². The Labute approximate surface area is 278 Å². The van der Waals surface area contributed by atoms with E-state index in [4.69, 9.17) is 25.8 Å². The van der Waals surface area contributed by atoms with Crippen molar-refractivity contribution in [2.45, 2.75) is 57.5 Å². The predicted molar refractivity (Wildman–Crippen MR) is 180 cm³/mol. The number of hydrogen-bond acceptors (Lipinski definition) is 9. The Balaban J connectivity index is 1.45. The van der Waals surface area contributed by atoms with Crippen LogP contribution in [0.4, 0.5) is 5.69 Å². The van der Waals surface area contributed by atoms with Crippen LogP contribution in [0, 0.1) is 0 Å². The lowest BCUT2D eigenvalue weighted by molar-refractivity contribution is -0.145. The van der Waals surface area contributed by atoms with Crippen LogP contribution in [-0.4, -0.2) is 44.2 Å². The third-order valence-electron chi connectivity index (χ3n) is 6.77. The van der Waals surface area contributed by atoms with Crippen LogP contribution in [0.25, 0.3) is 0 Å². The van der Waals surface area contributed by atoms with Crippen molar-refractivity contribution in [3.8, 4) is 11.5 Å².